The summed E-state index contributed by atoms with van der Waals surface area (Å²) in [6.07, 6.45) is 2.61. The summed E-state index contributed by atoms with van der Waals surface area (Å²) in [4.78, 5) is 11.0. The topological polar surface area (TPSA) is 51.2 Å². The van der Waals surface area contributed by atoms with Gasteiger partial charge in [-0.15, -0.1) is 0 Å². The van der Waals surface area contributed by atoms with Crippen LogP contribution in [0.25, 0.3) is 0 Å². The molecule has 0 unspecified atom stereocenters. The van der Waals surface area contributed by atoms with Crippen molar-refractivity contribution >= 4 is 15.6 Å². The molecule has 0 heterocycles. The summed E-state index contributed by atoms with van der Waals surface area (Å²) in [6.45, 7) is 5.20. The van der Waals surface area contributed by atoms with E-state index >= 15 is 0 Å². The molecule has 1 saturated carbocycles. The fourth-order valence-electron chi connectivity index (χ4n) is 1.73. The van der Waals surface area contributed by atoms with Crippen LogP contribution in [0.4, 0.5) is 0 Å². The summed E-state index contributed by atoms with van der Waals surface area (Å²) in [6, 6.07) is 0. The minimum atomic E-state index is -3.03. The van der Waals surface area contributed by atoms with Gasteiger partial charge in [-0.2, -0.15) is 0 Å². The van der Waals surface area contributed by atoms with Crippen molar-refractivity contribution in [1.82, 2.24) is 0 Å². The summed E-state index contributed by atoms with van der Waals surface area (Å²) < 4.78 is 23.2. The molecule has 0 spiro atoms. The number of sulfone groups is 1. The molecular formula is C11H20O3S. The first-order chi connectivity index (χ1) is 6.72. The van der Waals surface area contributed by atoms with Gasteiger partial charge < -0.3 is 0 Å². The Labute approximate surface area is 92.2 Å². The lowest BCUT2D eigenvalue weighted by Crippen LogP contribution is -2.34. The highest BCUT2D eigenvalue weighted by atomic mass is 32.2. The molecule has 0 aromatic rings. The van der Waals surface area contributed by atoms with Crippen LogP contribution in [0.1, 0.15) is 46.5 Å². The largest absolute Gasteiger partial charge is 0.300 e. The summed E-state index contributed by atoms with van der Waals surface area (Å²) in [7, 11) is -3.03. The van der Waals surface area contributed by atoms with E-state index in [9.17, 15) is 13.2 Å². The van der Waals surface area contributed by atoms with E-state index in [4.69, 9.17) is 0 Å². The lowest BCUT2D eigenvalue weighted by atomic mass is 9.90. The second kappa shape index (κ2) is 4.24. The molecule has 4 heteroatoms. The molecule has 15 heavy (non-hydrogen) atoms. The quantitative estimate of drug-likeness (QED) is 0.731. The number of ketones is 1. The lowest BCUT2D eigenvalue weighted by molar-refractivity contribution is -0.120. The number of hydrogen-bond acceptors (Lipinski definition) is 3. The lowest BCUT2D eigenvalue weighted by Gasteiger charge is -2.25. The third kappa shape index (κ3) is 3.30. The minimum Gasteiger partial charge on any atom is -0.300 e. The minimum absolute atomic E-state index is 0.187. The number of carbonyl (C=O) groups is 1. The molecule has 0 bridgehead atoms. The summed E-state index contributed by atoms with van der Waals surface area (Å²) >= 11 is 0. The molecule has 0 amide bonds. The highest BCUT2D eigenvalue weighted by Crippen LogP contribution is 2.27. The van der Waals surface area contributed by atoms with Gasteiger partial charge in [0.1, 0.15) is 5.78 Å². The van der Waals surface area contributed by atoms with Gasteiger partial charge in [-0.25, -0.2) is 8.42 Å². The molecule has 0 saturated heterocycles. The van der Waals surface area contributed by atoms with Gasteiger partial charge in [0.25, 0.3) is 0 Å². The van der Waals surface area contributed by atoms with Crippen molar-refractivity contribution in [3.05, 3.63) is 0 Å². The Hall–Kier alpha value is -0.380. The van der Waals surface area contributed by atoms with Gasteiger partial charge in [0.15, 0.2) is 9.84 Å². The van der Waals surface area contributed by atoms with Crippen LogP contribution >= 0.6 is 0 Å². The highest BCUT2D eigenvalue weighted by Gasteiger charge is 2.32. The van der Waals surface area contributed by atoms with Crippen LogP contribution < -0.4 is 0 Å². The number of Topliss-reactive ketones (excluding diaryl/α,β-unsaturated/α-hetero) is 1. The SMILES string of the molecule is CC(C)(C)S(=O)(=O)CC1CCC(=O)CC1. The molecule has 0 N–H and O–H groups in total. The van der Waals surface area contributed by atoms with Gasteiger partial charge in [-0.05, 0) is 39.5 Å². The van der Waals surface area contributed by atoms with Gasteiger partial charge in [0.2, 0.25) is 0 Å². The third-order valence-corrected chi connectivity index (χ3v) is 5.83. The second-order valence-electron chi connectivity index (χ2n) is 5.38. The Kier molecular flexibility index (Phi) is 3.59. The molecular weight excluding hydrogens is 212 g/mol. The predicted octanol–water partition coefficient (Wildman–Crippen LogP) is 1.96. The molecule has 1 aliphatic carbocycles. The van der Waals surface area contributed by atoms with Crippen molar-refractivity contribution in [1.29, 1.82) is 0 Å². The van der Waals surface area contributed by atoms with E-state index < -0.39 is 14.6 Å². The standard InChI is InChI=1S/C11H20O3S/c1-11(2,3)15(13,14)8-9-4-6-10(12)7-5-9/h9H,4-8H2,1-3H3. The number of carbonyl (C=O) groups excluding carboxylic acids is 1. The molecule has 0 radical (unpaired) electrons. The van der Waals surface area contributed by atoms with Crippen molar-refractivity contribution in [3.8, 4) is 0 Å². The van der Waals surface area contributed by atoms with Crippen molar-refractivity contribution in [2.45, 2.75) is 51.2 Å². The maximum atomic E-state index is 11.9. The van der Waals surface area contributed by atoms with Crippen LogP contribution in [0, 0.1) is 5.92 Å². The van der Waals surface area contributed by atoms with Gasteiger partial charge in [-0.1, -0.05) is 0 Å². The van der Waals surface area contributed by atoms with Crippen molar-refractivity contribution in [2.75, 3.05) is 5.75 Å². The van der Waals surface area contributed by atoms with E-state index in [-0.39, 0.29) is 17.5 Å². The van der Waals surface area contributed by atoms with Gasteiger partial charge >= 0.3 is 0 Å². The molecule has 1 aliphatic rings. The van der Waals surface area contributed by atoms with Crippen LogP contribution in [-0.2, 0) is 14.6 Å². The zero-order valence-corrected chi connectivity index (χ0v) is 10.6. The fraction of sp³-hybridized carbons (Fsp3) is 0.909. The summed E-state index contributed by atoms with van der Waals surface area (Å²) in [5.74, 6) is 0.704. The Bertz CT molecular complexity index is 325. The van der Waals surface area contributed by atoms with Crippen LogP contribution in [0.5, 0.6) is 0 Å². The van der Waals surface area contributed by atoms with E-state index in [2.05, 4.69) is 0 Å². The molecule has 1 rings (SSSR count). The predicted molar refractivity (Wildman–Crippen MR) is 60.5 cm³/mol. The van der Waals surface area contributed by atoms with E-state index in [1.165, 1.54) is 0 Å². The summed E-state index contributed by atoms with van der Waals surface area (Å²) in [5.41, 5.74) is 0. The Morgan fingerprint density at radius 3 is 2.07 bits per heavy atom. The third-order valence-electron chi connectivity index (χ3n) is 3.05. The fourth-order valence-corrected chi connectivity index (χ4v) is 3.18. The van der Waals surface area contributed by atoms with E-state index in [1.54, 1.807) is 20.8 Å². The molecule has 88 valence electrons. The molecule has 0 aromatic carbocycles. The van der Waals surface area contributed by atoms with E-state index in [0.717, 1.165) is 12.8 Å². The Morgan fingerprint density at radius 1 is 1.20 bits per heavy atom. The zero-order chi connectivity index (χ0) is 11.7. The van der Waals surface area contributed by atoms with Crippen LogP contribution in [0.3, 0.4) is 0 Å². The first-order valence-electron chi connectivity index (χ1n) is 5.46. The van der Waals surface area contributed by atoms with Crippen molar-refractivity contribution in [2.24, 2.45) is 5.92 Å². The monoisotopic (exact) mass is 232 g/mol. The summed E-state index contributed by atoms with van der Waals surface area (Å²) in [5, 5.41) is 0. The van der Waals surface area contributed by atoms with E-state index in [0.29, 0.717) is 12.8 Å². The van der Waals surface area contributed by atoms with Crippen LogP contribution in [-0.4, -0.2) is 24.7 Å². The zero-order valence-electron chi connectivity index (χ0n) is 9.75. The van der Waals surface area contributed by atoms with Crippen LogP contribution in [0.2, 0.25) is 0 Å². The Balaban J connectivity index is 2.60. The van der Waals surface area contributed by atoms with Crippen molar-refractivity contribution in [3.63, 3.8) is 0 Å². The normalized spacial score (nSPS) is 20.6. The first-order valence-corrected chi connectivity index (χ1v) is 7.11. The maximum absolute atomic E-state index is 11.9. The van der Waals surface area contributed by atoms with Crippen LogP contribution in [0.15, 0.2) is 0 Å². The van der Waals surface area contributed by atoms with Crippen molar-refractivity contribution < 1.29 is 13.2 Å². The van der Waals surface area contributed by atoms with E-state index in [1.807, 2.05) is 0 Å². The maximum Gasteiger partial charge on any atom is 0.155 e. The number of hydrogen-bond donors (Lipinski definition) is 0. The molecule has 0 atom stereocenters. The van der Waals surface area contributed by atoms with Gasteiger partial charge in [-0.3, -0.25) is 4.79 Å². The van der Waals surface area contributed by atoms with Gasteiger partial charge in [0, 0.05) is 12.8 Å². The molecule has 0 aromatic heterocycles. The Morgan fingerprint density at radius 2 is 1.67 bits per heavy atom. The average molecular weight is 232 g/mol. The molecule has 1 fully saturated rings. The average Bonchev–Trinajstić information content (AvgIpc) is 2.06. The highest BCUT2D eigenvalue weighted by molar-refractivity contribution is 7.92. The van der Waals surface area contributed by atoms with Gasteiger partial charge in [0.05, 0.1) is 10.5 Å². The first kappa shape index (κ1) is 12.7. The molecule has 3 nitrogen and oxygen atoms in total. The smallest absolute Gasteiger partial charge is 0.155 e. The second-order valence-corrected chi connectivity index (χ2v) is 8.16. The molecule has 0 aliphatic heterocycles. The number of rotatable bonds is 2.